The Kier molecular flexibility index (Phi) is 8.46. The Hall–Kier alpha value is -2.72. The van der Waals surface area contributed by atoms with Gasteiger partial charge in [0.15, 0.2) is 0 Å². The average Bonchev–Trinajstić information content (AvgIpc) is 3.10. The summed E-state index contributed by atoms with van der Waals surface area (Å²) in [6.07, 6.45) is 2.11. The molecule has 194 valence electrons. The van der Waals surface area contributed by atoms with Gasteiger partial charge in [-0.3, -0.25) is 0 Å². The highest BCUT2D eigenvalue weighted by Crippen LogP contribution is 2.28. The minimum atomic E-state index is -3.69. The van der Waals surface area contributed by atoms with E-state index in [0.29, 0.717) is 13.2 Å². The van der Waals surface area contributed by atoms with E-state index in [0.717, 1.165) is 42.7 Å². The zero-order valence-electron chi connectivity index (χ0n) is 21.6. The molecule has 1 aromatic heterocycles. The van der Waals surface area contributed by atoms with E-state index >= 15 is 0 Å². The van der Waals surface area contributed by atoms with E-state index in [2.05, 4.69) is 42.1 Å². The fourth-order valence-electron chi connectivity index (χ4n) is 4.54. The Morgan fingerprint density at radius 3 is 2.39 bits per heavy atom. The van der Waals surface area contributed by atoms with Crippen LogP contribution in [0, 0.1) is 0 Å². The van der Waals surface area contributed by atoms with Gasteiger partial charge in [-0.05, 0) is 66.4 Å². The van der Waals surface area contributed by atoms with Crippen molar-refractivity contribution >= 4 is 32.4 Å². The quantitative estimate of drug-likeness (QED) is 0.411. The Morgan fingerprint density at radius 2 is 1.69 bits per heavy atom. The van der Waals surface area contributed by atoms with Crippen molar-refractivity contribution < 1.29 is 17.9 Å². The number of hydrogen-bond acceptors (Lipinski definition) is 7. The molecular formula is C27H36N4O4S. The second kappa shape index (κ2) is 11.6. The molecule has 2 heterocycles. The van der Waals surface area contributed by atoms with Crippen molar-refractivity contribution in [3.05, 3.63) is 59.7 Å². The number of nitrogens with zero attached hydrogens (tertiary/aromatic N) is 4. The van der Waals surface area contributed by atoms with Crippen LogP contribution in [0.1, 0.15) is 17.5 Å². The van der Waals surface area contributed by atoms with Crippen LogP contribution in [0.4, 0.5) is 11.5 Å². The van der Waals surface area contributed by atoms with Crippen molar-refractivity contribution in [1.82, 2.24) is 9.29 Å². The van der Waals surface area contributed by atoms with Crippen molar-refractivity contribution in [2.75, 3.05) is 71.0 Å². The first-order valence-corrected chi connectivity index (χ1v) is 13.7. The number of benzene rings is 2. The normalized spacial score (nSPS) is 14.2. The maximum absolute atomic E-state index is 13.3. The van der Waals surface area contributed by atoms with E-state index < -0.39 is 10.0 Å². The molecule has 0 amide bonds. The molecule has 0 aliphatic carbocycles. The highest BCUT2D eigenvalue weighted by Gasteiger charge is 2.25. The number of fused-ring (bicyclic) bond motifs is 2. The topological polar surface area (TPSA) is 75.2 Å². The Bertz CT molecular complexity index is 1290. The minimum absolute atomic E-state index is 0.247. The Balaban J connectivity index is 1.60. The highest BCUT2D eigenvalue weighted by molar-refractivity contribution is 7.89. The number of aryl methyl sites for hydroxylation is 1. The number of rotatable bonds is 10. The zero-order valence-corrected chi connectivity index (χ0v) is 22.4. The predicted molar refractivity (Wildman–Crippen MR) is 144 cm³/mol. The molecular weight excluding hydrogens is 476 g/mol. The van der Waals surface area contributed by atoms with E-state index in [1.165, 1.54) is 21.1 Å². The van der Waals surface area contributed by atoms with Crippen molar-refractivity contribution in [2.24, 2.45) is 0 Å². The molecule has 0 bridgehead atoms. The van der Waals surface area contributed by atoms with Crippen LogP contribution >= 0.6 is 0 Å². The molecule has 36 heavy (non-hydrogen) atoms. The van der Waals surface area contributed by atoms with Gasteiger partial charge in [0.2, 0.25) is 10.0 Å². The predicted octanol–water partition coefficient (Wildman–Crippen LogP) is 3.54. The maximum atomic E-state index is 13.3. The fraction of sp³-hybridized carbons (Fsp3) is 0.444. The number of ether oxygens (including phenoxy) is 2. The van der Waals surface area contributed by atoms with Gasteiger partial charge in [0.1, 0.15) is 5.82 Å². The lowest BCUT2D eigenvalue weighted by molar-refractivity contribution is 0.150. The van der Waals surface area contributed by atoms with E-state index in [1.54, 1.807) is 32.4 Å². The molecule has 0 radical (unpaired) electrons. The summed E-state index contributed by atoms with van der Waals surface area (Å²) in [5.41, 5.74) is 4.69. The van der Waals surface area contributed by atoms with Gasteiger partial charge in [-0.1, -0.05) is 6.07 Å². The molecule has 0 spiro atoms. The number of aromatic nitrogens is 1. The third-order valence-electron chi connectivity index (χ3n) is 6.64. The van der Waals surface area contributed by atoms with Crippen LogP contribution in [0.5, 0.6) is 0 Å². The van der Waals surface area contributed by atoms with Crippen LogP contribution in [0.25, 0.3) is 10.9 Å². The monoisotopic (exact) mass is 512 g/mol. The van der Waals surface area contributed by atoms with Crippen LogP contribution in [0.15, 0.2) is 53.4 Å². The SMILES string of the molecule is COCCN(CCOC)S(=O)(=O)c1ccc2nc(N3CCCc4ccc(N(C)C)cc4C3)ccc2c1. The first kappa shape index (κ1) is 26.3. The maximum Gasteiger partial charge on any atom is 0.243 e. The fourth-order valence-corrected chi connectivity index (χ4v) is 5.98. The van der Waals surface area contributed by atoms with Gasteiger partial charge < -0.3 is 19.3 Å². The molecule has 8 nitrogen and oxygen atoms in total. The van der Waals surface area contributed by atoms with E-state index in [1.807, 2.05) is 12.1 Å². The van der Waals surface area contributed by atoms with Crippen molar-refractivity contribution in [3.63, 3.8) is 0 Å². The molecule has 1 aliphatic heterocycles. The van der Waals surface area contributed by atoms with Crippen LogP contribution in [0.2, 0.25) is 0 Å². The smallest absolute Gasteiger partial charge is 0.243 e. The summed E-state index contributed by atoms with van der Waals surface area (Å²) in [6.45, 7) is 2.89. The molecule has 9 heteroatoms. The van der Waals surface area contributed by atoms with Gasteiger partial charge in [-0.15, -0.1) is 0 Å². The zero-order chi connectivity index (χ0) is 25.7. The van der Waals surface area contributed by atoms with Crippen LogP contribution in [-0.4, -0.2) is 78.9 Å². The van der Waals surface area contributed by atoms with Gasteiger partial charge in [-0.2, -0.15) is 4.31 Å². The van der Waals surface area contributed by atoms with Gasteiger partial charge in [0.25, 0.3) is 0 Å². The standard InChI is InChI=1S/C27H36N4O4S/c1-29(2)24-9-7-21-6-5-13-30(20-23(21)18-24)27-12-8-22-19-25(10-11-26(22)28-27)36(32,33)31(14-16-34-3)15-17-35-4/h7-12,18-19H,5-6,13-17,20H2,1-4H3. The molecule has 0 atom stereocenters. The van der Waals surface area contributed by atoms with Gasteiger partial charge >= 0.3 is 0 Å². The van der Waals surface area contributed by atoms with Crippen molar-refractivity contribution in [1.29, 1.82) is 0 Å². The molecule has 2 aromatic carbocycles. The van der Waals surface area contributed by atoms with Gasteiger partial charge in [0, 0.05) is 65.6 Å². The van der Waals surface area contributed by atoms with E-state index in [-0.39, 0.29) is 18.0 Å². The molecule has 0 unspecified atom stereocenters. The van der Waals surface area contributed by atoms with Crippen molar-refractivity contribution in [2.45, 2.75) is 24.3 Å². The number of sulfonamides is 1. The van der Waals surface area contributed by atoms with Crippen molar-refractivity contribution in [3.8, 4) is 0 Å². The van der Waals surface area contributed by atoms with Crippen LogP contribution < -0.4 is 9.80 Å². The Labute approximate surface area is 214 Å². The lowest BCUT2D eigenvalue weighted by Gasteiger charge is -2.24. The van der Waals surface area contributed by atoms with Crippen LogP contribution in [0.3, 0.4) is 0 Å². The Morgan fingerprint density at radius 1 is 0.944 bits per heavy atom. The van der Waals surface area contributed by atoms with Crippen LogP contribution in [-0.2, 0) is 32.5 Å². The van der Waals surface area contributed by atoms with Gasteiger partial charge in [-0.25, -0.2) is 13.4 Å². The molecule has 1 aliphatic rings. The number of hydrogen-bond donors (Lipinski definition) is 0. The number of anilines is 2. The molecule has 0 fully saturated rings. The minimum Gasteiger partial charge on any atom is -0.383 e. The van der Waals surface area contributed by atoms with Gasteiger partial charge in [0.05, 0.1) is 23.6 Å². The summed E-state index contributed by atoms with van der Waals surface area (Å²) in [5, 5.41) is 0.795. The molecule has 3 aromatic rings. The molecule has 0 N–H and O–H groups in total. The molecule has 4 rings (SSSR count). The second-order valence-corrected chi connectivity index (χ2v) is 11.2. The summed E-state index contributed by atoms with van der Waals surface area (Å²) < 4.78 is 38.3. The van der Waals surface area contributed by atoms with E-state index in [4.69, 9.17) is 14.5 Å². The third kappa shape index (κ3) is 5.81. The number of methoxy groups -OCH3 is 2. The van der Waals surface area contributed by atoms with E-state index in [9.17, 15) is 8.42 Å². The summed E-state index contributed by atoms with van der Waals surface area (Å²) in [7, 11) is 3.55. The first-order chi connectivity index (χ1) is 17.3. The summed E-state index contributed by atoms with van der Waals surface area (Å²) >= 11 is 0. The third-order valence-corrected chi connectivity index (χ3v) is 8.53. The lowest BCUT2D eigenvalue weighted by atomic mass is 10.0. The molecule has 0 saturated carbocycles. The first-order valence-electron chi connectivity index (χ1n) is 12.3. The average molecular weight is 513 g/mol. The largest absolute Gasteiger partial charge is 0.383 e. The summed E-state index contributed by atoms with van der Waals surface area (Å²) in [6, 6.07) is 15.8. The summed E-state index contributed by atoms with van der Waals surface area (Å²) in [5.74, 6) is 0.906. The highest BCUT2D eigenvalue weighted by atomic mass is 32.2. The number of pyridine rings is 1. The lowest BCUT2D eigenvalue weighted by Crippen LogP contribution is -2.36. The molecule has 0 saturated heterocycles. The summed E-state index contributed by atoms with van der Waals surface area (Å²) in [4.78, 5) is 9.59. The second-order valence-electron chi connectivity index (χ2n) is 9.29.